The second-order valence-corrected chi connectivity index (χ2v) is 8.97. The minimum absolute atomic E-state index is 0.00768. The highest BCUT2D eigenvalue weighted by atomic mass is 35.5. The Labute approximate surface area is 211 Å². The van der Waals surface area contributed by atoms with E-state index in [-0.39, 0.29) is 38.7 Å². The van der Waals surface area contributed by atoms with E-state index < -0.39 is 47.7 Å². The van der Waals surface area contributed by atoms with Gasteiger partial charge in [0, 0.05) is 27.3 Å². The molecule has 0 saturated heterocycles. The third-order valence-electron chi connectivity index (χ3n) is 6.37. The molecule has 2 heterocycles. The summed E-state index contributed by atoms with van der Waals surface area (Å²) in [7, 11) is 0. The van der Waals surface area contributed by atoms with Crippen LogP contribution in [0.1, 0.15) is 38.7 Å². The van der Waals surface area contributed by atoms with Gasteiger partial charge in [-0.25, -0.2) is 9.18 Å². The summed E-state index contributed by atoms with van der Waals surface area (Å²) in [4.78, 5) is 26.8. The van der Waals surface area contributed by atoms with Crippen molar-refractivity contribution in [1.29, 1.82) is 5.26 Å². The molecule has 188 valence electrons. The second kappa shape index (κ2) is 8.47. The molecule has 12 heteroatoms. The zero-order chi connectivity index (χ0) is 26.7. The second-order valence-electron chi connectivity index (χ2n) is 8.56. The van der Waals surface area contributed by atoms with Crippen LogP contribution in [-0.2, 0) is 5.60 Å². The van der Waals surface area contributed by atoms with E-state index in [4.69, 9.17) is 11.6 Å². The fourth-order valence-electron chi connectivity index (χ4n) is 4.63. The maximum Gasteiger partial charge on any atom is 0.423 e. The molecule has 7 nitrogen and oxygen atoms in total. The van der Waals surface area contributed by atoms with Crippen LogP contribution in [0.15, 0.2) is 54.6 Å². The van der Waals surface area contributed by atoms with Crippen LogP contribution in [-0.4, -0.2) is 29.8 Å². The molecule has 3 aromatic carbocycles. The Kier molecular flexibility index (Phi) is 5.62. The summed E-state index contributed by atoms with van der Waals surface area (Å²) < 4.78 is 55.4. The van der Waals surface area contributed by atoms with E-state index >= 15 is 0 Å². The number of carbonyl (C=O) groups excluding carboxylic acids is 2. The molecule has 2 atom stereocenters. The van der Waals surface area contributed by atoms with Crippen molar-refractivity contribution in [3.8, 4) is 6.07 Å². The summed E-state index contributed by atoms with van der Waals surface area (Å²) in [5.41, 5.74) is -3.69. The van der Waals surface area contributed by atoms with Crippen LogP contribution in [0, 0.1) is 17.1 Å². The number of β-amino-alcohol motifs (C(OH)–C–C–N with tert-alkyl or cyclic N) is 1. The van der Waals surface area contributed by atoms with E-state index in [2.05, 4.69) is 10.6 Å². The van der Waals surface area contributed by atoms with Gasteiger partial charge in [-0.1, -0.05) is 29.8 Å². The first-order chi connectivity index (χ1) is 17.4. The molecule has 0 bridgehead atoms. The number of hydrogen-bond acceptors (Lipinski definition) is 4. The average molecular weight is 531 g/mol. The van der Waals surface area contributed by atoms with E-state index in [0.29, 0.717) is 0 Å². The number of halogens is 5. The lowest BCUT2D eigenvalue weighted by molar-refractivity contribution is -0.258. The Bertz CT molecular complexity index is 1520. The molecule has 0 aromatic heterocycles. The number of anilines is 2. The standard InChI is InChI=1S/C25H15ClF4N4O3/c26-17-6-5-13(27)9-14(17)21-20-15(22(35)33-21)7-12(10-31)8-18(20)32-23(36)34-11-24(37,25(28,29)30)16-3-1-2-4-19(16)34/h1-9,21,37H,11H2,(H,32,36)(H,33,35)/t21-,24+/m1/s1. The number of nitrogens with zero attached hydrogens (tertiary/aromatic N) is 2. The monoisotopic (exact) mass is 530 g/mol. The van der Waals surface area contributed by atoms with Crippen molar-refractivity contribution in [2.45, 2.75) is 17.8 Å². The largest absolute Gasteiger partial charge is 0.423 e. The van der Waals surface area contributed by atoms with Crippen LogP contribution in [0.5, 0.6) is 0 Å². The lowest BCUT2D eigenvalue weighted by Crippen LogP contribution is -2.48. The van der Waals surface area contributed by atoms with Crippen LogP contribution >= 0.6 is 11.6 Å². The van der Waals surface area contributed by atoms with Crippen LogP contribution in [0.4, 0.5) is 33.7 Å². The summed E-state index contributed by atoms with van der Waals surface area (Å²) in [6.07, 6.45) is -5.07. The Morgan fingerprint density at radius 3 is 2.65 bits per heavy atom. The number of para-hydroxylation sites is 1. The summed E-state index contributed by atoms with van der Waals surface area (Å²) >= 11 is 6.24. The van der Waals surface area contributed by atoms with Gasteiger partial charge in [-0.2, -0.15) is 18.4 Å². The number of carbonyl (C=O) groups is 2. The van der Waals surface area contributed by atoms with Gasteiger partial charge in [0.05, 0.1) is 35.6 Å². The van der Waals surface area contributed by atoms with Crippen LogP contribution in [0.2, 0.25) is 5.02 Å². The number of urea groups is 1. The highest BCUT2D eigenvalue weighted by Gasteiger charge is 2.61. The minimum Gasteiger partial charge on any atom is -0.375 e. The van der Waals surface area contributed by atoms with Crippen molar-refractivity contribution in [2.24, 2.45) is 0 Å². The summed E-state index contributed by atoms with van der Waals surface area (Å²) in [5, 5.41) is 25.2. The number of amides is 3. The van der Waals surface area contributed by atoms with E-state index in [1.165, 1.54) is 36.4 Å². The van der Waals surface area contributed by atoms with Crippen molar-refractivity contribution < 1.29 is 32.3 Å². The molecule has 0 fully saturated rings. The first-order valence-electron chi connectivity index (χ1n) is 10.8. The normalized spacial score (nSPS) is 20.2. The summed E-state index contributed by atoms with van der Waals surface area (Å²) in [5.74, 6) is -1.26. The molecule has 3 aromatic rings. The molecule has 5 rings (SSSR count). The minimum atomic E-state index is -5.07. The molecule has 0 saturated carbocycles. The number of fused-ring (bicyclic) bond motifs is 2. The van der Waals surface area contributed by atoms with Gasteiger partial charge in [-0.05, 0) is 36.4 Å². The maximum absolute atomic E-state index is 14.0. The molecule has 0 aliphatic carbocycles. The number of nitriles is 1. The van der Waals surface area contributed by atoms with Crippen molar-refractivity contribution >= 4 is 34.9 Å². The predicted octanol–water partition coefficient (Wildman–Crippen LogP) is 4.99. The third-order valence-corrected chi connectivity index (χ3v) is 6.71. The molecule has 0 unspecified atom stereocenters. The fourth-order valence-corrected chi connectivity index (χ4v) is 4.86. The van der Waals surface area contributed by atoms with Gasteiger partial charge >= 0.3 is 12.2 Å². The first-order valence-corrected chi connectivity index (χ1v) is 11.1. The van der Waals surface area contributed by atoms with Crippen LogP contribution in [0.3, 0.4) is 0 Å². The van der Waals surface area contributed by atoms with Gasteiger partial charge < -0.3 is 15.7 Å². The highest BCUT2D eigenvalue weighted by molar-refractivity contribution is 6.31. The highest BCUT2D eigenvalue weighted by Crippen LogP contribution is 2.49. The molecule has 3 N–H and O–H groups in total. The maximum atomic E-state index is 14.0. The number of alkyl halides is 3. The van der Waals surface area contributed by atoms with Gasteiger partial charge in [-0.3, -0.25) is 9.69 Å². The number of nitrogens with one attached hydrogen (secondary N) is 2. The van der Waals surface area contributed by atoms with Gasteiger partial charge in [0.25, 0.3) is 5.91 Å². The predicted molar refractivity (Wildman–Crippen MR) is 125 cm³/mol. The lowest BCUT2D eigenvalue weighted by atomic mass is 9.94. The third kappa shape index (κ3) is 3.85. The van der Waals surface area contributed by atoms with Crippen molar-refractivity contribution in [1.82, 2.24) is 5.32 Å². The number of rotatable bonds is 2. The van der Waals surface area contributed by atoms with E-state index in [1.807, 2.05) is 6.07 Å². The first kappa shape index (κ1) is 24.5. The Morgan fingerprint density at radius 2 is 1.95 bits per heavy atom. The smallest absolute Gasteiger partial charge is 0.375 e. The molecule has 3 amide bonds. The molecule has 2 aliphatic heterocycles. The average Bonchev–Trinajstić information content (AvgIpc) is 3.36. The van der Waals surface area contributed by atoms with E-state index in [1.54, 1.807) is 0 Å². The Morgan fingerprint density at radius 1 is 1.22 bits per heavy atom. The Balaban J connectivity index is 1.59. The topological polar surface area (TPSA) is 105 Å². The van der Waals surface area contributed by atoms with Crippen molar-refractivity contribution in [3.05, 3.63) is 93.3 Å². The van der Waals surface area contributed by atoms with Crippen molar-refractivity contribution in [2.75, 3.05) is 16.8 Å². The lowest BCUT2D eigenvalue weighted by Gasteiger charge is -2.27. The zero-order valence-electron chi connectivity index (χ0n) is 18.5. The van der Waals surface area contributed by atoms with E-state index in [9.17, 15) is 37.5 Å². The molecule has 0 radical (unpaired) electrons. The number of benzene rings is 3. The van der Waals surface area contributed by atoms with Crippen LogP contribution in [0.25, 0.3) is 0 Å². The van der Waals surface area contributed by atoms with Gasteiger partial charge in [0.15, 0.2) is 0 Å². The molecule has 2 aliphatic rings. The molecular weight excluding hydrogens is 516 g/mol. The Hall–Kier alpha value is -4.14. The molecule has 0 spiro atoms. The zero-order valence-corrected chi connectivity index (χ0v) is 19.3. The van der Waals surface area contributed by atoms with Gasteiger partial charge in [0.1, 0.15) is 5.82 Å². The van der Waals surface area contributed by atoms with Gasteiger partial charge in [0.2, 0.25) is 5.60 Å². The molecular formula is C25H15ClF4N4O3. The SMILES string of the molecule is N#Cc1cc(NC(=O)N2C[C@@](O)(C(F)(F)F)c3ccccc32)c2c(c1)C(=O)N[C@@H]2c1cc(F)ccc1Cl. The molecule has 37 heavy (non-hydrogen) atoms. The van der Waals surface area contributed by atoms with Gasteiger partial charge in [-0.15, -0.1) is 0 Å². The fraction of sp³-hybridized carbons (Fsp3) is 0.160. The summed E-state index contributed by atoms with van der Waals surface area (Å²) in [6, 6.07) is 10.9. The number of aliphatic hydroxyl groups is 1. The van der Waals surface area contributed by atoms with Crippen LogP contribution < -0.4 is 15.5 Å². The van der Waals surface area contributed by atoms with E-state index in [0.717, 1.165) is 23.1 Å². The number of hydrogen-bond donors (Lipinski definition) is 3. The van der Waals surface area contributed by atoms with Crippen molar-refractivity contribution in [3.63, 3.8) is 0 Å². The quantitative estimate of drug-likeness (QED) is 0.406. The summed E-state index contributed by atoms with van der Waals surface area (Å²) in [6.45, 7) is -1.11.